The van der Waals surface area contributed by atoms with Gasteiger partial charge < -0.3 is 5.32 Å². The van der Waals surface area contributed by atoms with Crippen LogP contribution in [0.15, 0.2) is 54.6 Å². The molecule has 0 fully saturated rings. The molecule has 0 saturated heterocycles. The van der Waals surface area contributed by atoms with Crippen LogP contribution >= 0.6 is 0 Å². The van der Waals surface area contributed by atoms with Gasteiger partial charge in [0.2, 0.25) is 5.91 Å². The maximum Gasteiger partial charge on any atom is 0.241 e. The van der Waals surface area contributed by atoms with E-state index in [9.17, 15) is 13.6 Å². The molecule has 1 aromatic heterocycles. The summed E-state index contributed by atoms with van der Waals surface area (Å²) in [5.74, 6) is -0.843. The Labute approximate surface area is 168 Å². The van der Waals surface area contributed by atoms with Gasteiger partial charge in [0.05, 0.1) is 11.7 Å². The van der Waals surface area contributed by atoms with E-state index in [2.05, 4.69) is 15.5 Å². The third kappa shape index (κ3) is 5.71. The van der Waals surface area contributed by atoms with E-state index in [0.717, 1.165) is 29.8 Å². The Morgan fingerprint density at radius 2 is 1.90 bits per heavy atom. The molecule has 1 atom stereocenters. The highest BCUT2D eigenvalue weighted by atomic mass is 19.1. The van der Waals surface area contributed by atoms with Gasteiger partial charge >= 0.3 is 0 Å². The Morgan fingerprint density at radius 3 is 2.62 bits per heavy atom. The number of H-pyrrole nitrogens is 1. The number of likely N-dealkylation sites (N-methyl/N-ethyl adjacent to an activating group) is 1. The second-order valence-corrected chi connectivity index (χ2v) is 7.05. The van der Waals surface area contributed by atoms with Crippen molar-refractivity contribution in [2.75, 3.05) is 18.9 Å². The maximum atomic E-state index is 13.2. The van der Waals surface area contributed by atoms with Crippen LogP contribution in [0.3, 0.4) is 0 Å². The molecule has 0 spiro atoms. The van der Waals surface area contributed by atoms with Gasteiger partial charge in [0, 0.05) is 16.9 Å². The standard InChI is InChI=1S/C22H24F2N4O/c1-15(22(29)25-19-6-3-5-18(24)13-19)28(2)12-4-7-20-14-21(27-26-20)16-8-10-17(23)11-9-16/h3,5-6,8-11,13-15H,4,7,12H2,1-2H3,(H,25,29)(H,26,27). The van der Waals surface area contributed by atoms with E-state index in [-0.39, 0.29) is 23.6 Å². The summed E-state index contributed by atoms with van der Waals surface area (Å²) in [4.78, 5) is 14.3. The molecule has 152 valence electrons. The first-order valence-corrected chi connectivity index (χ1v) is 9.49. The molecule has 2 aromatic carbocycles. The number of nitrogens with one attached hydrogen (secondary N) is 2. The summed E-state index contributed by atoms with van der Waals surface area (Å²) in [5.41, 5.74) is 3.06. The second-order valence-electron chi connectivity index (χ2n) is 7.05. The number of aromatic amines is 1. The minimum Gasteiger partial charge on any atom is -0.325 e. The fraction of sp³-hybridized carbons (Fsp3) is 0.273. The summed E-state index contributed by atoms with van der Waals surface area (Å²) < 4.78 is 26.3. The summed E-state index contributed by atoms with van der Waals surface area (Å²) in [6.07, 6.45) is 1.61. The number of hydrogen-bond donors (Lipinski definition) is 2. The third-order valence-corrected chi connectivity index (χ3v) is 4.86. The SMILES string of the molecule is CC(C(=O)Nc1cccc(F)c1)N(C)CCCc1cc(-c2ccc(F)cc2)n[nH]1. The predicted molar refractivity (Wildman–Crippen MR) is 109 cm³/mol. The van der Waals surface area contributed by atoms with Gasteiger partial charge in [-0.2, -0.15) is 5.10 Å². The van der Waals surface area contributed by atoms with Gasteiger partial charge in [0.15, 0.2) is 0 Å². The Kier molecular flexibility index (Phi) is 6.72. The lowest BCUT2D eigenvalue weighted by Crippen LogP contribution is -2.40. The van der Waals surface area contributed by atoms with Crippen molar-refractivity contribution in [3.63, 3.8) is 0 Å². The number of carbonyl (C=O) groups excluding carboxylic acids is 1. The van der Waals surface area contributed by atoms with Crippen LogP contribution in [-0.2, 0) is 11.2 Å². The Hall–Kier alpha value is -3.06. The highest BCUT2D eigenvalue weighted by Crippen LogP contribution is 2.18. The van der Waals surface area contributed by atoms with Crippen LogP contribution in [-0.4, -0.2) is 40.6 Å². The van der Waals surface area contributed by atoms with Gasteiger partial charge in [0.1, 0.15) is 11.6 Å². The molecule has 1 heterocycles. The zero-order valence-electron chi connectivity index (χ0n) is 16.5. The first kappa shape index (κ1) is 20.7. The minimum atomic E-state index is -0.386. The average Bonchev–Trinajstić information content (AvgIpc) is 3.16. The first-order valence-electron chi connectivity index (χ1n) is 9.49. The van der Waals surface area contributed by atoms with Crippen LogP contribution < -0.4 is 5.32 Å². The summed E-state index contributed by atoms with van der Waals surface area (Å²) in [5, 5.41) is 10.0. The highest BCUT2D eigenvalue weighted by Gasteiger charge is 2.18. The largest absolute Gasteiger partial charge is 0.325 e. The molecule has 7 heteroatoms. The summed E-state index contributed by atoms with van der Waals surface area (Å²) >= 11 is 0. The molecule has 0 saturated carbocycles. The van der Waals surface area contributed by atoms with Gasteiger partial charge in [-0.25, -0.2) is 8.78 Å². The molecular weight excluding hydrogens is 374 g/mol. The van der Waals surface area contributed by atoms with Gasteiger partial charge in [0.25, 0.3) is 0 Å². The second kappa shape index (κ2) is 9.43. The molecule has 5 nitrogen and oxygen atoms in total. The number of anilines is 1. The van der Waals surface area contributed by atoms with Crippen LogP contribution in [0, 0.1) is 11.6 Å². The Morgan fingerprint density at radius 1 is 1.14 bits per heavy atom. The van der Waals surface area contributed by atoms with Crippen molar-refractivity contribution in [1.29, 1.82) is 0 Å². The van der Waals surface area contributed by atoms with E-state index in [1.165, 1.54) is 24.3 Å². The lowest BCUT2D eigenvalue weighted by Gasteiger charge is -2.23. The van der Waals surface area contributed by atoms with Gasteiger partial charge in [-0.3, -0.25) is 14.8 Å². The van der Waals surface area contributed by atoms with Crippen LogP contribution in [0.2, 0.25) is 0 Å². The lowest BCUT2D eigenvalue weighted by atomic mass is 10.1. The molecule has 2 N–H and O–H groups in total. The molecule has 29 heavy (non-hydrogen) atoms. The number of carbonyl (C=O) groups is 1. The fourth-order valence-electron chi connectivity index (χ4n) is 2.98. The monoisotopic (exact) mass is 398 g/mol. The maximum absolute atomic E-state index is 13.2. The Balaban J connectivity index is 1.47. The number of nitrogens with zero attached hydrogens (tertiary/aromatic N) is 2. The average molecular weight is 398 g/mol. The van der Waals surface area contributed by atoms with Crippen LogP contribution in [0.5, 0.6) is 0 Å². The van der Waals surface area contributed by atoms with E-state index in [0.29, 0.717) is 12.2 Å². The molecule has 0 aliphatic rings. The molecule has 3 aromatic rings. The number of hydrogen-bond acceptors (Lipinski definition) is 3. The number of halogens is 2. The van der Waals surface area contributed by atoms with Crippen molar-refractivity contribution in [3.8, 4) is 11.3 Å². The Bertz CT molecular complexity index is 955. The number of aryl methyl sites for hydroxylation is 1. The number of benzene rings is 2. The van der Waals surface area contributed by atoms with Crippen molar-refractivity contribution in [2.24, 2.45) is 0 Å². The normalized spacial score (nSPS) is 12.2. The molecule has 0 aliphatic heterocycles. The van der Waals surface area contributed by atoms with Gasteiger partial charge in [-0.15, -0.1) is 0 Å². The quantitative estimate of drug-likeness (QED) is 0.596. The molecule has 1 amide bonds. The molecule has 0 aliphatic carbocycles. The summed E-state index contributed by atoms with van der Waals surface area (Å²) in [6.45, 7) is 2.53. The topological polar surface area (TPSA) is 61.0 Å². The van der Waals surface area contributed by atoms with Crippen molar-refractivity contribution < 1.29 is 13.6 Å². The fourth-order valence-corrected chi connectivity index (χ4v) is 2.98. The molecule has 3 rings (SSSR count). The minimum absolute atomic E-state index is 0.182. The van der Waals surface area contributed by atoms with Crippen molar-refractivity contribution in [3.05, 3.63) is 71.9 Å². The highest BCUT2D eigenvalue weighted by molar-refractivity contribution is 5.94. The van der Waals surface area contributed by atoms with E-state index in [4.69, 9.17) is 0 Å². The first-order chi connectivity index (χ1) is 13.9. The van der Waals surface area contributed by atoms with E-state index < -0.39 is 0 Å². The number of amides is 1. The van der Waals surface area contributed by atoms with Crippen LogP contribution in [0.25, 0.3) is 11.3 Å². The van der Waals surface area contributed by atoms with Crippen molar-refractivity contribution >= 4 is 11.6 Å². The lowest BCUT2D eigenvalue weighted by molar-refractivity contribution is -0.120. The number of rotatable bonds is 8. The predicted octanol–water partition coefficient (Wildman–Crippen LogP) is 4.25. The van der Waals surface area contributed by atoms with Gasteiger partial charge in [-0.1, -0.05) is 6.07 Å². The third-order valence-electron chi connectivity index (χ3n) is 4.86. The van der Waals surface area contributed by atoms with Crippen LogP contribution in [0.4, 0.5) is 14.5 Å². The van der Waals surface area contributed by atoms with E-state index in [1.807, 2.05) is 24.9 Å². The zero-order valence-corrected chi connectivity index (χ0v) is 16.5. The van der Waals surface area contributed by atoms with E-state index >= 15 is 0 Å². The molecule has 0 radical (unpaired) electrons. The molecule has 0 bridgehead atoms. The smallest absolute Gasteiger partial charge is 0.241 e. The van der Waals surface area contributed by atoms with E-state index in [1.54, 1.807) is 24.3 Å². The van der Waals surface area contributed by atoms with Gasteiger partial charge in [-0.05, 0) is 81.9 Å². The van der Waals surface area contributed by atoms with Crippen LogP contribution in [0.1, 0.15) is 19.0 Å². The zero-order chi connectivity index (χ0) is 20.8. The molecular formula is C22H24F2N4O. The summed E-state index contributed by atoms with van der Waals surface area (Å²) in [6, 6.07) is 13.7. The van der Waals surface area contributed by atoms with Crippen molar-refractivity contribution in [2.45, 2.75) is 25.8 Å². The number of aromatic nitrogens is 2. The molecule has 1 unspecified atom stereocenters. The summed E-state index contributed by atoms with van der Waals surface area (Å²) in [7, 11) is 1.88. The van der Waals surface area contributed by atoms with Crippen molar-refractivity contribution in [1.82, 2.24) is 15.1 Å².